The number of nitrogens with one attached hydrogen (secondary N) is 14. The van der Waals surface area contributed by atoms with Crippen LogP contribution in [0, 0.1) is 17.8 Å². The van der Waals surface area contributed by atoms with Gasteiger partial charge in [0.15, 0.2) is 0 Å². The number of rotatable bonds is 58. The van der Waals surface area contributed by atoms with E-state index in [0.717, 1.165) is 6.92 Å². The summed E-state index contributed by atoms with van der Waals surface area (Å²) in [6, 6.07) is -10.8. The number of aliphatic hydroxyl groups is 3. The lowest BCUT2D eigenvalue weighted by Gasteiger charge is -2.32. The van der Waals surface area contributed by atoms with Crippen molar-refractivity contribution in [2.24, 2.45) is 46.4 Å². The molecule has 16 atom stereocenters. The second-order valence-corrected chi connectivity index (χ2v) is 32.6. The molecule has 1 fully saturated rings. The lowest BCUT2D eigenvalue weighted by molar-refractivity contribution is -0.144. The fraction of sp³-hybridized carbons (Fsp3) is 0.585. The van der Waals surface area contributed by atoms with Crippen LogP contribution >= 0.6 is 0 Å². The molecule has 46 nitrogen and oxygen atoms in total. The number of unbranched alkanes of at least 4 members (excludes halogenated alkanes) is 1. The molecule has 1 aromatic heterocycles. The average molecular weight is 1810 g/mol. The molecule has 0 radical (unpaired) electrons. The van der Waals surface area contributed by atoms with Crippen LogP contribution in [0.4, 0.5) is 0 Å². The van der Waals surface area contributed by atoms with Crippen molar-refractivity contribution in [3.8, 4) is 0 Å². The van der Waals surface area contributed by atoms with E-state index in [1.54, 1.807) is 90.2 Å². The number of carboxylic acids is 3. The molecule has 0 bridgehead atoms. The number of aromatic nitrogens is 1. The van der Waals surface area contributed by atoms with Crippen LogP contribution in [0.3, 0.4) is 0 Å². The molecule has 128 heavy (non-hydrogen) atoms. The van der Waals surface area contributed by atoms with Gasteiger partial charge in [0.1, 0.15) is 90.6 Å². The van der Waals surface area contributed by atoms with Gasteiger partial charge >= 0.3 is 17.9 Å². The number of primary amides is 3. The lowest BCUT2D eigenvalue weighted by Crippen LogP contribution is -2.62. The highest BCUT2D eigenvalue weighted by Gasteiger charge is 2.43. The summed E-state index contributed by atoms with van der Waals surface area (Å²) < 4.78 is 0. The number of para-hydroxylation sites is 1. The number of fused-ring (bicyclic) bond motifs is 1. The molecule has 30 N–H and O–H groups in total. The first-order valence-electron chi connectivity index (χ1n) is 42.0. The maximum absolute atomic E-state index is 15.2. The molecular weight excluding hydrogens is 1680 g/mol. The molecule has 0 spiro atoms. The standard InChI is InChI=1S/C82H124N20O26/c1-40(2)30-53(94-77(122)57(36-66(111)112)96-78(123)60(39-104)100-75(120)55(33-44-16-9-8-10-17-44)97-80(125)67(43(7)105)101-72(117)52(24-27-65(109)110)91-70(115)50(22-25-62(85)106)89-68(113)47(84)38-103)73(118)95-56(34-45-37-88-48-19-12-11-18-46(45)48)76(121)90-49(20-13-14-28-83)69(114)93-54(31-41(3)4)74(119)98-58(32-42(5)6)81(126)102-29-15-21-61(102)79(124)92-51(23-26-63(86)107)71(116)99-59(82(127)128)35-64(87)108/h8-12,16-19,37,40-43,47,49-61,67,88,103-105H,13-15,20-36,38-39,83-84H2,1-7H3,(H2,85,106)(H2,86,107)(H2,87,108)(H,89,113)(H,90,121)(H,91,115)(H,92,124)(H,93,114)(H,94,122)(H,95,118)(H,96,123)(H,97,125)(H,98,119)(H,99,116)(H,100,120)(H,101,117)(H,109,110)(H,111,112)(H,127,128)/t43-,47+,49+,50+,51+,52+,53+,54+,55+,56+,57+,58+,59+,60+,61+,67+/m1/s1. The number of carboxylic acid groups (broad SMARTS) is 3. The molecule has 3 aromatic rings. The van der Waals surface area contributed by atoms with E-state index >= 15 is 9.59 Å². The summed E-state index contributed by atoms with van der Waals surface area (Å²) in [7, 11) is 0. The molecule has 2 aromatic carbocycles. The number of aromatic amines is 1. The van der Waals surface area contributed by atoms with Gasteiger partial charge in [-0.25, -0.2) is 4.79 Å². The van der Waals surface area contributed by atoms with E-state index in [4.69, 9.17) is 28.7 Å². The maximum Gasteiger partial charge on any atom is 0.326 e. The van der Waals surface area contributed by atoms with Crippen molar-refractivity contribution in [3.05, 3.63) is 71.9 Å². The van der Waals surface area contributed by atoms with Crippen LogP contribution in [0.1, 0.15) is 162 Å². The molecule has 2 heterocycles. The predicted molar refractivity (Wildman–Crippen MR) is 455 cm³/mol. The molecule has 17 amide bonds. The number of amides is 17. The van der Waals surface area contributed by atoms with Gasteiger partial charge < -0.3 is 138 Å². The third kappa shape index (κ3) is 36.6. The lowest BCUT2D eigenvalue weighted by atomic mass is 9.98. The molecule has 708 valence electrons. The maximum atomic E-state index is 15.2. The Morgan fingerprint density at radius 1 is 0.430 bits per heavy atom. The van der Waals surface area contributed by atoms with Crippen molar-refractivity contribution in [1.29, 1.82) is 0 Å². The molecule has 1 aliphatic heterocycles. The highest BCUT2D eigenvalue weighted by Crippen LogP contribution is 2.24. The molecule has 1 saturated heterocycles. The number of nitrogens with zero attached hydrogens (tertiary/aromatic N) is 1. The van der Waals surface area contributed by atoms with Gasteiger partial charge in [-0.1, -0.05) is 90.1 Å². The average Bonchev–Trinajstić information content (AvgIpc) is 1.64. The van der Waals surface area contributed by atoms with E-state index in [1.807, 2.05) is 0 Å². The number of hydrogen-bond acceptors (Lipinski definition) is 25. The minimum atomic E-state index is -2.12. The van der Waals surface area contributed by atoms with E-state index in [0.29, 0.717) is 28.5 Å². The number of carbonyl (C=O) groups is 20. The van der Waals surface area contributed by atoms with Crippen LogP contribution in [0.15, 0.2) is 60.8 Å². The molecule has 0 unspecified atom stereocenters. The number of carbonyl (C=O) groups excluding carboxylic acids is 17. The number of likely N-dealkylation sites (tertiary alicyclic amines) is 1. The van der Waals surface area contributed by atoms with Gasteiger partial charge in [-0.3, -0.25) is 91.1 Å². The van der Waals surface area contributed by atoms with Gasteiger partial charge in [-0.05, 0) is 119 Å². The molecule has 0 aliphatic carbocycles. The number of nitrogens with two attached hydrogens (primary N) is 5. The topological polar surface area (TPSA) is 768 Å². The smallest absolute Gasteiger partial charge is 0.326 e. The van der Waals surface area contributed by atoms with Crippen LogP contribution in [-0.2, 0) is 109 Å². The summed E-state index contributed by atoms with van der Waals surface area (Å²) in [5, 5.41) is 92.4. The Bertz CT molecular complexity index is 4380. The number of H-pyrrole nitrogens is 1. The van der Waals surface area contributed by atoms with Crippen LogP contribution in [0.2, 0.25) is 0 Å². The SMILES string of the molecule is CC(C)C[C@H](NC(=O)[C@H](CC(=O)O)NC(=O)[C@H](CO)NC(=O)[C@H](Cc1ccccc1)NC(=O)[C@@H](NC(=O)[C@H](CCC(=O)O)NC(=O)[C@H](CCC(N)=O)NC(=O)[C@@H](N)CO)[C@@H](C)O)C(=O)N[C@@H](Cc1c[nH]c2ccccc12)C(=O)N[C@@H](CCCCN)C(=O)N[C@@H](CC(C)C)C(=O)N[C@@H](CC(C)C)C(=O)N1CCC[C@H]1C(=O)N[C@@H](CCC(N)=O)C(=O)N[C@@H](CC(N)=O)C(=O)O. The predicted octanol–water partition coefficient (Wildman–Crippen LogP) is -6.96. The second-order valence-electron chi connectivity index (χ2n) is 32.6. The second kappa shape index (κ2) is 53.6. The fourth-order valence-corrected chi connectivity index (χ4v) is 13.8. The summed E-state index contributed by atoms with van der Waals surface area (Å²) >= 11 is 0. The zero-order valence-electron chi connectivity index (χ0n) is 72.5. The summed E-state index contributed by atoms with van der Waals surface area (Å²) in [6.45, 7) is 9.26. The molecular formula is C82H124N20O26. The summed E-state index contributed by atoms with van der Waals surface area (Å²) in [5.74, 6) is -24.2. The monoisotopic (exact) mass is 1800 g/mol. The van der Waals surface area contributed by atoms with Crippen molar-refractivity contribution < 1.29 is 127 Å². The molecule has 0 saturated carbocycles. The minimum absolute atomic E-state index is 0.0123. The van der Waals surface area contributed by atoms with Crippen molar-refractivity contribution in [2.75, 3.05) is 26.3 Å². The summed E-state index contributed by atoms with van der Waals surface area (Å²) in [6.07, 6.45) is -6.01. The van der Waals surface area contributed by atoms with Gasteiger partial charge in [0.25, 0.3) is 0 Å². The quantitative estimate of drug-likeness (QED) is 0.0234. The Hall–Kier alpha value is -12.8. The first-order chi connectivity index (χ1) is 60.3. The van der Waals surface area contributed by atoms with Gasteiger partial charge in [-0.15, -0.1) is 0 Å². The van der Waals surface area contributed by atoms with Crippen molar-refractivity contribution in [2.45, 2.75) is 261 Å². The van der Waals surface area contributed by atoms with Gasteiger partial charge in [0.05, 0.1) is 32.2 Å². The largest absolute Gasteiger partial charge is 0.481 e. The van der Waals surface area contributed by atoms with Gasteiger partial charge in [0.2, 0.25) is 100 Å². The minimum Gasteiger partial charge on any atom is -0.481 e. The van der Waals surface area contributed by atoms with Crippen LogP contribution < -0.4 is 97.8 Å². The third-order valence-electron chi connectivity index (χ3n) is 20.4. The summed E-state index contributed by atoms with van der Waals surface area (Å²) in [5.41, 5.74) is 28.7. The third-order valence-corrected chi connectivity index (χ3v) is 20.4. The first kappa shape index (κ1) is 108. The molecule has 4 rings (SSSR count). The number of aliphatic carboxylic acids is 3. The van der Waals surface area contributed by atoms with Gasteiger partial charge in [-0.2, -0.15) is 0 Å². The van der Waals surface area contributed by atoms with Crippen LogP contribution in [0.5, 0.6) is 0 Å². The highest BCUT2D eigenvalue weighted by molar-refractivity contribution is 6.02. The first-order valence-corrected chi connectivity index (χ1v) is 42.0. The van der Waals surface area contributed by atoms with Crippen LogP contribution in [-0.4, -0.2) is 282 Å². The Kier molecular flexibility index (Phi) is 45.0. The fourth-order valence-electron chi connectivity index (χ4n) is 13.8. The van der Waals surface area contributed by atoms with E-state index in [9.17, 15) is 117 Å². The van der Waals surface area contributed by atoms with Gasteiger partial charge in [0, 0.05) is 55.7 Å². The highest BCUT2D eigenvalue weighted by atomic mass is 16.4. The normalized spacial score (nSPS) is 16.0. The Balaban J connectivity index is 1.65. The van der Waals surface area contributed by atoms with Crippen molar-refractivity contribution >= 4 is 129 Å². The van der Waals surface area contributed by atoms with E-state index < -0.39 is 292 Å². The van der Waals surface area contributed by atoms with Crippen LogP contribution in [0.25, 0.3) is 10.9 Å². The van der Waals surface area contributed by atoms with E-state index in [1.165, 1.54) is 17.0 Å². The molecule has 46 heteroatoms. The van der Waals surface area contributed by atoms with E-state index in [-0.39, 0.29) is 76.3 Å². The zero-order chi connectivity index (χ0) is 95.9. The van der Waals surface area contributed by atoms with Crippen molar-refractivity contribution in [1.82, 2.24) is 79.0 Å². The number of aliphatic hydroxyl groups excluding tert-OH is 3. The Morgan fingerprint density at radius 2 is 0.852 bits per heavy atom. The molecule has 1 aliphatic rings. The Labute approximate surface area is 737 Å². The van der Waals surface area contributed by atoms with E-state index in [2.05, 4.69) is 74.1 Å². The zero-order valence-corrected chi connectivity index (χ0v) is 72.5. The van der Waals surface area contributed by atoms with Crippen molar-refractivity contribution in [3.63, 3.8) is 0 Å². The summed E-state index contributed by atoms with van der Waals surface area (Å²) in [4.78, 5) is 276. The Morgan fingerprint density at radius 3 is 1.35 bits per heavy atom. The number of hydrogen-bond donors (Lipinski definition) is 25. The number of benzene rings is 2.